The minimum atomic E-state index is 0.397. The van der Waals surface area contributed by atoms with Crippen molar-refractivity contribution in [2.75, 3.05) is 0 Å². The molecule has 0 radical (unpaired) electrons. The molecule has 2 rings (SSSR count). The largest absolute Gasteiger partial charge is 0.508 e. The molecule has 0 aromatic heterocycles. The van der Waals surface area contributed by atoms with Gasteiger partial charge in [-0.3, -0.25) is 0 Å². The molecule has 0 saturated heterocycles. The Morgan fingerprint density at radius 2 is 2.00 bits per heavy atom. The minimum absolute atomic E-state index is 0.397. The Kier molecular flexibility index (Phi) is 3.49. The van der Waals surface area contributed by atoms with Crippen LogP contribution in [0.3, 0.4) is 0 Å². The highest BCUT2D eigenvalue weighted by atomic mass is 16.3. The summed E-state index contributed by atoms with van der Waals surface area (Å²) in [4.78, 5) is 0. The van der Waals surface area contributed by atoms with Crippen LogP contribution < -0.4 is 5.32 Å². The highest BCUT2D eigenvalue weighted by Gasteiger charge is 2.29. The summed E-state index contributed by atoms with van der Waals surface area (Å²) >= 11 is 0. The van der Waals surface area contributed by atoms with Crippen LogP contribution in [0.4, 0.5) is 0 Å². The lowest BCUT2D eigenvalue weighted by atomic mass is 9.97. The third-order valence-electron chi connectivity index (χ3n) is 4.01. The molecule has 2 N–H and O–H groups in total. The van der Waals surface area contributed by atoms with E-state index in [-0.39, 0.29) is 0 Å². The van der Waals surface area contributed by atoms with Gasteiger partial charge >= 0.3 is 0 Å². The van der Waals surface area contributed by atoms with E-state index in [1.54, 1.807) is 6.07 Å². The maximum absolute atomic E-state index is 9.66. The van der Waals surface area contributed by atoms with E-state index in [2.05, 4.69) is 19.2 Å². The summed E-state index contributed by atoms with van der Waals surface area (Å²) in [5.41, 5.74) is 0.995. The fourth-order valence-corrected chi connectivity index (χ4v) is 2.55. The number of nitrogens with one attached hydrogen (secondary N) is 1. The molecular weight excluding hydrogens is 198 g/mol. The number of benzene rings is 1. The molecule has 1 aromatic carbocycles. The first-order valence-electron chi connectivity index (χ1n) is 6.18. The van der Waals surface area contributed by atoms with Crippen LogP contribution in [0.5, 0.6) is 5.75 Å². The van der Waals surface area contributed by atoms with Crippen molar-refractivity contribution < 1.29 is 5.11 Å². The summed E-state index contributed by atoms with van der Waals surface area (Å²) in [5.74, 6) is 1.96. The van der Waals surface area contributed by atoms with E-state index in [4.69, 9.17) is 0 Å². The number of hydrogen-bond donors (Lipinski definition) is 2. The highest BCUT2D eigenvalue weighted by Crippen LogP contribution is 2.31. The van der Waals surface area contributed by atoms with E-state index in [1.165, 1.54) is 12.8 Å². The molecule has 3 atom stereocenters. The molecule has 2 nitrogen and oxygen atoms in total. The molecule has 88 valence electrons. The zero-order chi connectivity index (χ0) is 11.5. The SMILES string of the molecule is CC1CCC(NCc2ccccc2O)C1C. The summed E-state index contributed by atoms with van der Waals surface area (Å²) in [6.45, 7) is 5.42. The van der Waals surface area contributed by atoms with Gasteiger partial charge in [0.2, 0.25) is 0 Å². The number of hydrogen-bond acceptors (Lipinski definition) is 2. The van der Waals surface area contributed by atoms with Crippen molar-refractivity contribution >= 4 is 0 Å². The number of rotatable bonds is 3. The quantitative estimate of drug-likeness (QED) is 0.819. The van der Waals surface area contributed by atoms with Gasteiger partial charge in [-0.05, 0) is 30.7 Å². The van der Waals surface area contributed by atoms with Crippen LogP contribution in [-0.4, -0.2) is 11.1 Å². The molecular formula is C14H21NO. The van der Waals surface area contributed by atoms with Crippen LogP contribution >= 0.6 is 0 Å². The van der Waals surface area contributed by atoms with Crippen molar-refractivity contribution in [3.8, 4) is 5.75 Å². The second kappa shape index (κ2) is 4.88. The standard InChI is InChI=1S/C14H21NO/c1-10-7-8-13(11(10)2)15-9-12-5-3-4-6-14(12)16/h3-6,10-11,13,15-16H,7-9H2,1-2H3. The van der Waals surface area contributed by atoms with Gasteiger partial charge in [0.25, 0.3) is 0 Å². The Balaban J connectivity index is 1.91. The van der Waals surface area contributed by atoms with Crippen LogP contribution in [0.1, 0.15) is 32.3 Å². The van der Waals surface area contributed by atoms with E-state index >= 15 is 0 Å². The lowest BCUT2D eigenvalue weighted by Gasteiger charge is -2.20. The summed E-state index contributed by atoms with van der Waals surface area (Å²) in [5, 5.41) is 13.2. The zero-order valence-corrected chi connectivity index (χ0v) is 10.1. The topological polar surface area (TPSA) is 32.3 Å². The average Bonchev–Trinajstić information content (AvgIpc) is 2.59. The Morgan fingerprint density at radius 3 is 2.62 bits per heavy atom. The molecule has 0 spiro atoms. The maximum atomic E-state index is 9.66. The van der Waals surface area contributed by atoms with E-state index in [9.17, 15) is 5.11 Å². The molecule has 0 heterocycles. The highest BCUT2D eigenvalue weighted by molar-refractivity contribution is 5.31. The molecule has 16 heavy (non-hydrogen) atoms. The van der Waals surface area contributed by atoms with Gasteiger partial charge in [-0.1, -0.05) is 32.0 Å². The fraction of sp³-hybridized carbons (Fsp3) is 0.571. The number of phenols is 1. The van der Waals surface area contributed by atoms with Crippen molar-refractivity contribution in [1.29, 1.82) is 0 Å². The molecule has 1 fully saturated rings. The first-order valence-corrected chi connectivity index (χ1v) is 6.18. The Bertz CT molecular complexity index is 350. The van der Waals surface area contributed by atoms with Crippen LogP contribution in [0.2, 0.25) is 0 Å². The summed E-state index contributed by atoms with van der Waals surface area (Å²) in [6.07, 6.45) is 2.58. The predicted octanol–water partition coefficient (Wildman–Crippen LogP) is 2.92. The molecule has 0 amide bonds. The summed E-state index contributed by atoms with van der Waals surface area (Å²) in [7, 11) is 0. The smallest absolute Gasteiger partial charge is 0.120 e. The van der Waals surface area contributed by atoms with Gasteiger partial charge in [-0.25, -0.2) is 0 Å². The second-order valence-electron chi connectivity index (χ2n) is 5.03. The molecule has 1 aliphatic rings. The molecule has 1 aliphatic carbocycles. The number of phenolic OH excluding ortho intramolecular Hbond substituents is 1. The van der Waals surface area contributed by atoms with Gasteiger partial charge in [0.1, 0.15) is 5.75 Å². The van der Waals surface area contributed by atoms with Crippen LogP contribution in [0, 0.1) is 11.8 Å². The molecule has 1 saturated carbocycles. The van der Waals surface area contributed by atoms with Gasteiger partial charge in [0.15, 0.2) is 0 Å². The fourth-order valence-electron chi connectivity index (χ4n) is 2.55. The van der Waals surface area contributed by atoms with Crippen molar-refractivity contribution in [2.45, 2.75) is 39.3 Å². The molecule has 3 unspecified atom stereocenters. The van der Waals surface area contributed by atoms with Gasteiger partial charge in [-0.15, -0.1) is 0 Å². The van der Waals surface area contributed by atoms with Crippen LogP contribution in [0.25, 0.3) is 0 Å². The van der Waals surface area contributed by atoms with Crippen molar-refractivity contribution in [3.05, 3.63) is 29.8 Å². The van der Waals surface area contributed by atoms with Crippen LogP contribution in [0.15, 0.2) is 24.3 Å². The van der Waals surface area contributed by atoms with Gasteiger partial charge < -0.3 is 10.4 Å². The normalized spacial score (nSPS) is 29.5. The maximum Gasteiger partial charge on any atom is 0.120 e. The van der Waals surface area contributed by atoms with Crippen LogP contribution in [-0.2, 0) is 6.54 Å². The third kappa shape index (κ3) is 2.38. The van der Waals surface area contributed by atoms with Gasteiger partial charge in [0.05, 0.1) is 0 Å². The van der Waals surface area contributed by atoms with E-state index in [0.29, 0.717) is 11.8 Å². The van der Waals surface area contributed by atoms with E-state index < -0.39 is 0 Å². The molecule has 0 aliphatic heterocycles. The lowest BCUT2D eigenvalue weighted by molar-refractivity contribution is 0.367. The predicted molar refractivity (Wildman–Crippen MR) is 66.3 cm³/mol. The summed E-state index contributed by atoms with van der Waals surface area (Å²) in [6, 6.07) is 8.16. The minimum Gasteiger partial charge on any atom is -0.508 e. The Labute approximate surface area is 97.7 Å². The lowest BCUT2D eigenvalue weighted by Crippen LogP contribution is -2.31. The molecule has 1 aromatic rings. The number of aromatic hydroxyl groups is 1. The first-order chi connectivity index (χ1) is 7.68. The Hall–Kier alpha value is -1.02. The zero-order valence-electron chi connectivity index (χ0n) is 10.1. The monoisotopic (exact) mass is 219 g/mol. The van der Waals surface area contributed by atoms with Gasteiger partial charge in [-0.2, -0.15) is 0 Å². The van der Waals surface area contributed by atoms with Crippen molar-refractivity contribution in [2.24, 2.45) is 11.8 Å². The molecule has 2 heteroatoms. The molecule has 0 bridgehead atoms. The second-order valence-corrected chi connectivity index (χ2v) is 5.03. The third-order valence-corrected chi connectivity index (χ3v) is 4.01. The Morgan fingerprint density at radius 1 is 1.25 bits per heavy atom. The van der Waals surface area contributed by atoms with Crippen molar-refractivity contribution in [3.63, 3.8) is 0 Å². The van der Waals surface area contributed by atoms with Crippen molar-refractivity contribution in [1.82, 2.24) is 5.32 Å². The van der Waals surface area contributed by atoms with Gasteiger partial charge in [0, 0.05) is 18.2 Å². The number of para-hydroxylation sites is 1. The van der Waals surface area contributed by atoms with E-state index in [1.807, 2.05) is 18.2 Å². The first kappa shape index (κ1) is 11.5. The summed E-state index contributed by atoms with van der Waals surface area (Å²) < 4.78 is 0. The average molecular weight is 219 g/mol. The van der Waals surface area contributed by atoms with E-state index in [0.717, 1.165) is 23.9 Å².